The lowest BCUT2D eigenvalue weighted by Gasteiger charge is -2.07. The number of phenolic OH excluding ortho intramolecular Hbond substituents is 1. The van der Waals surface area contributed by atoms with Crippen LogP contribution in [0.1, 0.15) is 5.56 Å². The number of halogens is 1. The third-order valence-corrected chi connectivity index (χ3v) is 2.60. The van der Waals surface area contributed by atoms with E-state index in [2.05, 4.69) is 0 Å². The summed E-state index contributed by atoms with van der Waals surface area (Å²) >= 11 is 0. The van der Waals surface area contributed by atoms with Crippen LogP contribution in [0.5, 0.6) is 5.75 Å². The highest BCUT2D eigenvalue weighted by Gasteiger charge is 2.06. The van der Waals surface area contributed by atoms with Crippen LogP contribution >= 0.6 is 0 Å². The molecule has 0 heterocycles. The summed E-state index contributed by atoms with van der Waals surface area (Å²) in [6.07, 6.45) is 0.516. The van der Waals surface area contributed by atoms with E-state index in [-0.39, 0.29) is 18.2 Å². The average molecular weight is 232 g/mol. The highest BCUT2D eigenvalue weighted by Crippen LogP contribution is 2.30. The molecular formula is C14H13FO2. The monoisotopic (exact) mass is 232 g/mol. The van der Waals surface area contributed by atoms with Gasteiger partial charge in [-0.15, -0.1) is 0 Å². The van der Waals surface area contributed by atoms with Crippen LogP contribution in [0.4, 0.5) is 4.39 Å². The van der Waals surface area contributed by atoms with E-state index in [0.29, 0.717) is 17.5 Å². The Morgan fingerprint density at radius 2 is 1.88 bits per heavy atom. The summed E-state index contributed by atoms with van der Waals surface area (Å²) < 4.78 is 13.1. The second-order valence-corrected chi connectivity index (χ2v) is 3.84. The van der Waals surface area contributed by atoms with Crippen molar-refractivity contribution in [3.63, 3.8) is 0 Å². The zero-order valence-electron chi connectivity index (χ0n) is 9.23. The molecule has 0 saturated heterocycles. The first kappa shape index (κ1) is 11.6. The molecule has 0 atom stereocenters. The van der Waals surface area contributed by atoms with Gasteiger partial charge in [-0.1, -0.05) is 18.2 Å². The average Bonchev–Trinajstić information content (AvgIpc) is 2.32. The number of hydrogen-bond donors (Lipinski definition) is 2. The summed E-state index contributed by atoms with van der Waals surface area (Å²) in [6, 6.07) is 11.1. The molecule has 0 amide bonds. The predicted octanol–water partition coefficient (Wildman–Crippen LogP) is 2.73. The van der Waals surface area contributed by atoms with E-state index in [0.717, 1.165) is 5.56 Å². The van der Waals surface area contributed by atoms with Crippen molar-refractivity contribution in [2.24, 2.45) is 0 Å². The molecule has 0 aliphatic rings. The van der Waals surface area contributed by atoms with Crippen LogP contribution < -0.4 is 0 Å². The lowest BCUT2D eigenvalue weighted by Crippen LogP contribution is -1.91. The van der Waals surface area contributed by atoms with E-state index in [4.69, 9.17) is 5.11 Å². The Labute approximate surface area is 99.0 Å². The molecule has 0 aliphatic carbocycles. The zero-order chi connectivity index (χ0) is 12.3. The van der Waals surface area contributed by atoms with Crippen LogP contribution in [-0.2, 0) is 6.42 Å². The highest BCUT2D eigenvalue weighted by atomic mass is 19.1. The van der Waals surface area contributed by atoms with Gasteiger partial charge in [-0.25, -0.2) is 4.39 Å². The quantitative estimate of drug-likeness (QED) is 0.854. The third kappa shape index (κ3) is 2.63. The summed E-state index contributed by atoms with van der Waals surface area (Å²) in [7, 11) is 0. The molecule has 0 saturated carbocycles. The summed E-state index contributed by atoms with van der Waals surface area (Å²) in [6.45, 7) is 0.0490. The van der Waals surface area contributed by atoms with Crippen molar-refractivity contribution in [3.8, 4) is 16.9 Å². The molecule has 0 fully saturated rings. The van der Waals surface area contributed by atoms with Crippen LogP contribution in [0.2, 0.25) is 0 Å². The number of aromatic hydroxyl groups is 1. The first-order valence-corrected chi connectivity index (χ1v) is 5.39. The SMILES string of the molecule is OCCc1ccc(O)c(-c2cccc(F)c2)c1. The maximum absolute atomic E-state index is 13.1. The highest BCUT2D eigenvalue weighted by molar-refractivity contribution is 5.70. The van der Waals surface area contributed by atoms with Gasteiger partial charge in [0.1, 0.15) is 11.6 Å². The largest absolute Gasteiger partial charge is 0.507 e. The number of hydrogen-bond acceptors (Lipinski definition) is 2. The first-order valence-electron chi connectivity index (χ1n) is 5.39. The molecule has 3 heteroatoms. The van der Waals surface area contributed by atoms with Crippen LogP contribution in [0.15, 0.2) is 42.5 Å². The second kappa shape index (κ2) is 4.97. The summed E-state index contributed by atoms with van der Waals surface area (Å²) in [5.74, 6) is -0.230. The number of phenols is 1. The molecule has 2 aromatic rings. The number of rotatable bonds is 3. The van der Waals surface area contributed by atoms with Gasteiger partial charge in [-0.05, 0) is 41.8 Å². The minimum Gasteiger partial charge on any atom is -0.507 e. The van der Waals surface area contributed by atoms with Gasteiger partial charge in [0, 0.05) is 12.2 Å². The smallest absolute Gasteiger partial charge is 0.123 e. The third-order valence-electron chi connectivity index (χ3n) is 2.60. The molecule has 88 valence electrons. The summed E-state index contributed by atoms with van der Waals surface area (Å²) in [4.78, 5) is 0. The van der Waals surface area contributed by atoms with Gasteiger partial charge in [-0.3, -0.25) is 0 Å². The van der Waals surface area contributed by atoms with E-state index < -0.39 is 0 Å². The molecule has 17 heavy (non-hydrogen) atoms. The van der Waals surface area contributed by atoms with Gasteiger partial charge in [0.25, 0.3) is 0 Å². The van der Waals surface area contributed by atoms with Crippen LogP contribution in [0, 0.1) is 5.82 Å². The van der Waals surface area contributed by atoms with E-state index in [9.17, 15) is 9.50 Å². The van der Waals surface area contributed by atoms with E-state index >= 15 is 0 Å². The first-order chi connectivity index (χ1) is 8.20. The summed E-state index contributed by atoms with van der Waals surface area (Å²) in [5.41, 5.74) is 2.11. The molecule has 0 aromatic heterocycles. The Bertz CT molecular complexity index is 523. The number of aliphatic hydroxyl groups excluding tert-OH is 1. The van der Waals surface area contributed by atoms with Gasteiger partial charge in [0.2, 0.25) is 0 Å². The number of aliphatic hydroxyl groups is 1. The number of benzene rings is 2. The molecule has 2 rings (SSSR count). The van der Waals surface area contributed by atoms with Gasteiger partial charge in [0.05, 0.1) is 0 Å². The normalized spacial score (nSPS) is 10.5. The van der Waals surface area contributed by atoms with Gasteiger partial charge >= 0.3 is 0 Å². The van der Waals surface area contributed by atoms with Gasteiger partial charge in [0.15, 0.2) is 0 Å². The fourth-order valence-corrected chi connectivity index (χ4v) is 1.76. The Kier molecular flexibility index (Phi) is 3.40. The van der Waals surface area contributed by atoms with Crippen molar-refractivity contribution < 1.29 is 14.6 Å². The molecule has 0 spiro atoms. The van der Waals surface area contributed by atoms with Crippen LogP contribution in [0.3, 0.4) is 0 Å². The van der Waals surface area contributed by atoms with Crippen molar-refractivity contribution in [3.05, 3.63) is 53.8 Å². The fourth-order valence-electron chi connectivity index (χ4n) is 1.76. The van der Waals surface area contributed by atoms with Crippen molar-refractivity contribution in [2.75, 3.05) is 6.61 Å². The molecule has 0 bridgehead atoms. The van der Waals surface area contributed by atoms with Crippen molar-refractivity contribution >= 4 is 0 Å². The lowest BCUT2D eigenvalue weighted by molar-refractivity contribution is 0.299. The molecule has 2 nitrogen and oxygen atoms in total. The van der Waals surface area contributed by atoms with Crippen LogP contribution in [-0.4, -0.2) is 16.8 Å². The summed E-state index contributed by atoms with van der Waals surface area (Å²) in [5, 5.41) is 18.6. The van der Waals surface area contributed by atoms with Gasteiger partial charge in [-0.2, -0.15) is 0 Å². The molecule has 0 unspecified atom stereocenters. The molecule has 2 N–H and O–H groups in total. The fraction of sp³-hybridized carbons (Fsp3) is 0.143. The van der Waals surface area contributed by atoms with E-state index in [1.165, 1.54) is 12.1 Å². The maximum atomic E-state index is 13.1. The molecule has 2 aromatic carbocycles. The second-order valence-electron chi connectivity index (χ2n) is 3.84. The molecule has 0 aliphatic heterocycles. The van der Waals surface area contributed by atoms with Crippen LogP contribution in [0.25, 0.3) is 11.1 Å². The van der Waals surface area contributed by atoms with E-state index in [1.807, 2.05) is 0 Å². The Morgan fingerprint density at radius 1 is 1.06 bits per heavy atom. The van der Waals surface area contributed by atoms with Crippen molar-refractivity contribution in [1.82, 2.24) is 0 Å². The topological polar surface area (TPSA) is 40.5 Å². The minimum absolute atomic E-state index is 0.0490. The van der Waals surface area contributed by atoms with Crippen molar-refractivity contribution in [2.45, 2.75) is 6.42 Å². The maximum Gasteiger partial charge on any atom is 0.123 e. The van der Waals surface area contributed by atoms with E-state index in [1.54, 1.807) is 30.3 Å². The predicted molar refractivity (Wildman–Crippen MR) is 64.3 cm³/mol. The lowest BCUT2D eigenvalue weighted by atomic mass is 10.0. The minimum atomic E-state index is -0.338. The van der Waals surface area contributed by atoms with Crippen molar-refractivity contribution in [1.29, 1.82) is 0 Å². The standard InChI is InChI=1S/C14H13FO2/c15-12-3-1-2-11(9-12)13-8-10(6-7-16)4-5-14(13)17/h1-5,8-9,16-17H,6-7H2. The zero-order valence-corrected chi connectivity index (χ0v) is 9.23. The Hall–Kier alpha value is -1.87. The van der Waals surface area contributed by atoms with Gasteiger partial charge < -0.3 is 10.2 Å². The Balaban J connectivity index is 2.46. The molecular weight excluding hydrogens is 219 g/mol. The molecule has 0 radical (unpaired) electrons. The Morgan fingerprint density at radius 3 is 2.59 bits per heavy atom.